The number of benzene rings is 1. The predicted octanol–water partition coefficient (Wildman–Crippen LogP) is 4.55. The fourth-order valence-corrected chi connectivity index (χ4v) is 3.24. The molecule has 3 rings (SSSR count). The summed E-state index contributed by atoms with van der Waals surface area (Å²) in [5, 5.41) is 4.18. The molecule has 1 saturated carbocycles. The van der Waals surface area contributed by atoms with Crippen molar-refractivity contribution in [2.24, 2.45) is 0 Å². The van der Waals surface area contributed by atoms with Gasteiger partial charge in [-0.1, -0.05) is 48.7 Å². The molecule has 1 aromatic heterocycles. The first-order valence-corrected chi connectivity index (χ1v) is 7.11. The topological polar surface area (TPSA) is 52.0 Å². The summed E-state index contributed by atoms with van der Waals surface area (Å²) < 4.78 is 19.4. The van der Waals surface area contributed by atoms with E-state index in [1.807, 2.05) is 0 Å². The molecule has 0 bridgehead atoms. The quantitative estimate of drug-likeness (QED) is 0.884. The summed E-state index contributed by atoms with van der Waals surface area (Å²) in [6, 6.07) is 4.88. The predicted molar refractivity (Wildman–Crippen MR) is 77.1 cm³/mol. The molecule has 2 aromatic rings. The lowest BCUT2D eigenvalue weighted by molar-refractivity contribution is 0.386. The summed E-state index contributed by atoms with van der Waals surface area (Å²) in [4.78, 5) is 0. The highest BCUT2D eigenvalue weighted by molar-refractivity contribution is 6.31. The molecular formula is C15H16ClFN2O. The molecule has 0 atom stereocenters. The van der Waals surface area contributed by atoms with Crippen LogP contribution in [-0.2, 0) is 5.41 Å². The van der Waals surface area contributed by atoms with E-state index in [4.69, 9.17) is 21.9 Å². The van der Waals surface area contributed by atoms with E-state index >= 15 is 0 Å². The van der Waals surface area contributed by atoms with Crippen LogP contribution in [-0.4, -0.2) is 5.16 Å². The maximum atomic E-state index is 14.3. The van der Waals surface area contributed by atoms with Crippen molar-refractivity contribution >= 4 is 17.5 Å². The molecule has 5 heteroatoms. The molecule has 0 radical (unpaired) electrons. The van der Waals surface area contributed by atoms with Crippen LogP contribution >= 0.6 is 11.6 Å². The van der Waals surface area contributed by atoms with Gasteiger partial charge in [0.1, 0.15) is 5.82 Å². The Labute approximate surface area is 121 Å². The minimum atomic E-state index is -0.480. The van der Waals surface area contributed by atoms with Crippen LogP contribution in [0.2, 0.25) is 5.02 Å². The van der Waals surface area contributed by atoms with E-state index in [9.17, 15) is 4.39 Å². The van der Waals surface area contributed by atoms with Crippen LogP contribution in [0.4, 0.5) is 10.3 Å². The van der Waals surface area contributed by atoms with Crippen molar-refractivity contribution in [3.05, 3.63) is 34.7 Å². The Morgan fingerprint density at radius 2 is 2.05 bits per heavy atom. The Bertz CT molecular complexity index is 647. The number of nitrogen functional groups attached to an aromatic ring is 1. The number of nitrogens with two attached hydrogens (primary N) is 1. The summed E-state index contributed by atoms with van der Waals surface area (Å²) in [5.74, 6) is -0.332. The SMILES string of the molecule is CC1(c2noc(N)c2-c2cccc(Cl)c2F)CCCC1. The third-order valence-electron chi connectivity index (χ3n) is 4.22. The molecule has 106 valence electrons. The van der Waals surface area contributed by atoms with E-state index in [2.05, 4.69) is 12.1 Å². The number of nitrogens with zero attached hydrogens (tertiary/aromatic N) is 1. The summed E-state index contributed by atoms with van der Waals surface area (Å²) in [5.41, 5.74) is 7.43. The second kappa shape index (κ2) is 4.77. The molecule has 1 fully saturated rings. The lowest BCUT2D eigenvalue weighted by Crippen LogP contribution is -2.18. The minimum absolute atomic E-state index is 0.0747. The van der Waals surface area contributed by atoms with Crippen molar-refractivity contribution < 1.29 is 8.91 Å². The molecule has 20 heavy (non-hydrogen) atoms. The Morgan fingerprint density at radius 1 is 1.35 bits per heavy atom. The monoisotopic (exact) mass is 294 g/mol. The first-order chi connectivity index (χ1) is 9.53. The molecule has 1 aliphatic rings. The smallest absolute Gasteiger partial charge is 0.230 e. The Morgan fingerprint density at radius 3 is 2.75 bits per heavy atom. The van der Waals surface area contributed by atoms with E-state index in [-0.39, 0.29) is 16.3 Å². The zero-order valence-corrected chi connectivity index (χ0v) is 12.0. The van der Waals surface area contributed by atoms with Gasteiger partial charge in [0.05, 0.1) is 16.3 Å². The van der Waals surface area contributed by atoms with Crippen LogP contribution < -0.4 is 5.73 Å². The fourth-order valence-electron chi connectivity index (χ4n) is 3.06. The van der Waals surface area contributed by atoms with Crippen LogP contribution in [0.25, 0.3) is 11.1 Å². The minimum Gasteiger partial charge on any atom is -0.367 e. The lowest BCUT2D eigenvalue weighted by Gasteiger charge is -2.22. The third-order valence-corrected chi connectivity index (χ3v) is 4.51. The molecule has 1 aliphatic carbocycles. The normalized spacial score (nSPS) is 17.6. The van der Waals surface area contributed by atoms with Crippen molar-refractivity contribution in [2.75, 3.05) is 5.73 Å². The summed E-state index contributed by atoms with van der Waals surface area (Å²) >= 11 is 5.86. The van der Waals surface area contributed by atoms with Gasteiger partial charge < -0.3 is 10.3 Å². The Balaban J connectivity index is 2.19. The average Bonchev–Trinajstić information content (AvgIpc) is 3.01. The highest BCUT2D eigenvalue weighted by atomic mass is 35.5. The number of anilines is 1. The standard InChI is InChI=1S/C15H16ClFN2O/c1-15(7-2-3-8-15)13-11(14(18)20-19-13)9-5-4-6-10(16)12(9)17/h4-6H,2-3,7-8,18H2,1H3. The Hall–Kier alpha value is -1.55. The molecule has 2 N–H and O–H groups in total. The highest BCUT2D eigenvalue weighted by Crippen LogP contribution is 2.46. The molecule has 1 heterocycles. The number of aromatic nitrogens is 1. The van der Waals surface area contributed by atoms with Gasteiger partial charge in [-0.2, -0.15) is 0 Å². The summed E-state index contributed by atoms with van der Waals surface area (Å²) in [6.45, 7) is 2.13. The largest absolute Gasteiger partial charge is 0.367 e. The van der Waals surface area contributed by atoms with Crippen LogP contribution in [0.1, 0.15) is 38.3 Å². The molecule has 1 aromatic carbocycles. The van der Waals surface area contributed by atoms with Crippen LogP contribution in [0.5, 0.6) is 0 Å². The molecule has 0 spiro atoms. The van der Waals surface area contributed by atoms with Gasteiger partial charge in [0.2, 0.25) is 5.88 Å². The van der Waals surface area contributed by atoms with Gasteiger partial charge >= 0.3 is 0 Å². The van der Waals surface area contributed by atoms with Gasteiger partial charge in [-0.15, -0.1) is 0 Å². The number of halogens is 2. The van der Waals surface area contributed by atoms with Crippen molar-refractivity contribution in [3.63, 3.8) is 0 Å². The van der Waals surface area contributed by atoms with Crippen molar-refractivity contribution in [2.45, 2.75) is 38.0 Å². The molecular weight excluding hydrogens is 279 g/mol. The van der Waals surface area contributed by atoms with Crippen molar-refractivity contribution in [1.29, 1.82) is 0 Å². The second-order valence-electron chi connectivity index (χ2n) is 5.64. The van der Waals surface area contributed by atoms with Gasteiger partial charge in [-0.25, -0.2) is 4.39 Å². The van der Waals surface area contributed by atoms with E-state index in [1.54, 1.807) is 12.1 Å². The zero-order valence-electron chi connectivity index (χ0n) is 11.2. The zero-order chi connectivity index (χ0) is 14.3. The van der Waals surface area contributed by atoms with Crippen LogP contribution in [0.15, 0.2) is 22.7 Å². The van der Waals surface area contributed by atoms with Gasteiger partial charge in [0, 0.05) is 11.0 Å². The molecule has 0 unspecified atom stereocenters. The van der Waals surface area contributed by atoms with Gasteiger partial charge in [-0.05, 0) is 18.9 Å². The summed E-state index contributed by atoms with van der Waals surface area (Å²) in [6.07, 6.45) is 4.30. The first-order valence-electron chi connectivity index (χ1n) is 6.73. The van der Waals surface area contributed by atoms with E-state index in [1.165, 1.54) is 6.07 Å². The maximum absolute atomic E-state index is 14.3. The number of hydrogen-bond acceptors (Lipinski definition) is 3. The van der Waals surface area contributed by atoms with Gasteiger partial charge in [0.15, 0.2) is 0 Å². The third kappa shape index (κ3) is 1.99. The molecule has 3 nitrogen and oxygen atoms in total. The van der Waals surface area contributed by atoms with Crippen LogP contribution in [0, 0.1) is 5.82 Å². The maximum Gasteiger partial charge on any atom is 0.230 e. The Kier molecular flexibility index (Phi) is 3.21. The second-order valence-corrected chi connectivity index (χ2v) is 6.05. The van der Waals surface area contributed by atoms with E-state index in [0.717, 1.165) is 31.4 Å². The number of rotatable bonds is 2. The average molecular weight is 295 g/mol. The van der Waals surface area contributed by atoms with Crippen molar-refractivity contribution in [3.8, 4) is 11.1 Å². The fraction of sp³-hybridized carbons (Fsp3) is 0.400. The molecule has 0 aliphatic heterocycles. The van der Waals surface area contributed by atoms with Gasteiger partial charge in [-0.3, -0.25) is 0 Å². The van der Waals surface area contributed by atoms with Crippen molar-refractivity contribution in [1.82, 2.24) is 5.16 Å². The van der Waals surface area contributed by atoms with E-state index < -0.39 is 5.82 Å². The van der Waals surface area contributed by atoms with E-state index in [0.29, 0.717) is 11.1 Å². The lowest BCUT2D eigenvalue weighted by atomic mass is 9.81. The summed E-state index contributed by atoms with van der Waals surface area (Å²) in [7, 11) is 0. The highest BCUT2D eigenvalue weighted by Gasteiger charge is 2.37. The van der Waals surface area contributed by atoms with Crippen LogP contribution in [0.3, 0.4) is 0 Å². The molecule has 0 amide bonds. The van der Waals surface area contributed by atoms with Gasteiger partial charge in [0.25, 0.3) is 0 Å². The number of hydrogen-bond donors (Lipinski definition) is 1. The molecule has 0 saturated heterocycles. The first kappa shape index (κ1) is 13.4.